The second kappa shape index (κ2) is 7.59. The van der Waals surface area contributed by atoms with Crippen LogP contribution in [0.5, 0.6) is 17.2 Å². The van der Waals surface area contributed by atoms with Gasteiger partial charge in [-0.05, 0) is 25.0 Å². The van der Waals surface area contributed by atoms with E-state index in [4.69, 9.17) is 14.2 Å². The summed E-state index contributed by atoms with van der Waals surface area (Å²) < 4.78 is 16.0. The SMILES string of the molecule is COc1cc(OC)c(OC)cc1/C=C1\N=C(C2CCCCC2)NC1=O. The number of ether oxygens (including phenoxy) is 3. The van der Waals surface area contributed by atoms with E-state index in [9.17, 15) is 4.79 Å². The van der Waals surface area contributed by atoms with Crippen LogP contribution >= 0.6 is 0 Å². The van der Waals surface area contributed by atoms with Gasteiger partial charge in [-0.25, -0.2) is 4.99 Å². The summed E-state index contributed by atoms with van der Waals surface area (Å²) in [6, 6.07) is 3.52. The molecule has 2 aliphatic rings. The van der Waals surface area contributed by atoms with Crippen LogP contribution in [-0.4, -0.2) is 33.1 Å². The molecule has 6 heteroatoms. The molecule has 1 aromatic carbocycles. The van der Waals surface area contributed by atoms with Crippen molar-refractivity contribution in [3.8, 4) is 17.2 Å². The van der Waals surface area contributed by atoms with E-state index in [0.717, 1.165) is 24.2 Å². The van der Waals surface area contributed by atoms with Crippen LogP contribution < -0.4 is 19.5 Å². The fourth-order valence-electron chi connectivity index (χ4n) is 3.37. The molecule has 0 spiro atoms. The highest BCUT2D eigenvalue weighted by molar-refractivity contribution is 6.15. The van der Waals surface area contributed by atoms with Gasteiger partial charge in [-0.15, -0.1) is 0 Å². The lowest BCUT2D eigenvalue weighted by Crippen LogP contribution is -2.31. The molecular formula is C19H24N2O4. The van der Waals surface area contributed by atoms with Gasteiger partial charge in [-0.3, -0.25) is 4.79 Å². The van der Waals surface area contributed by atoms with Gasteiger partial charge in [0.05, 0.1) is 21.3 Å². The molecule has 1 aliphatic heterocycles. The van der Waals surface area contributed by atoms with E-state index in [-0.39, 0.29) is 5.91 Å². The Labute approximate surface area is 147 Å². The predicted octanol–water partition coefficient (Wildman–Crippen LogP) is 3.16. The number of nitrogens with one attached hydrogen (secondary N) is 1. The average molecular weight is 344 g/mol. The molecule has 1 fully saturated rings. The summed E-state index contributed by atoms with van der Waals surface area (Å²) in [4.78, 5) is 16.9. The molecule has 0 aromatic heterocycles. The first-order chi connectivity index (χ1) is 12.2. The standard InChI is InChI=1S/C19H24N2O4/c1-23-15-11-17(25-3)16(24-2)10-13(15)9-14-19(22)21-18(20-14)12-7-5-4-6-8-12/h9-12H,4-8H2,1-3H3,(H,20,21,22)/b14-9-. The van der Waals surface area contributed by atoms with E-state index in [1.165, 1.54) is 19.3 Å². The average Bonchev–Trinajstić information content (AvgIpc) is 3.02. The first-order valence-electron chi connectivity index (χ1n) is 8.58. The van der Waals surface area contributed by atoms with E-state index < -0.39 is 0 Å². The van der Waals surface area contributed by atoms with Crippen molar-refractivity contribution < 1.29 is 19.0 Å². The molecule has 1 amide bonds. The van der Waals surface area contributed by atoms with Crippen molar-refractivity contribution in [2.45, 2.75) is 32.1 Å². The number of hydrogen-bond donors (Lipinski definition) is 1. The minimum Gasteiger partial charge on any atom is -0.496 e. The number of benzene rings is 1. The summed E-state index contributed by atoms with van der Waals surface area (Å²) in [5.41, 5.74) is 1.12. The van der Waals surface area contributed by atoms with Crippen LogP contribution in [0.25, 0.3) is 6.08 Å². The molecule has 3 rings (SSSR count). The molecular weight excluding hydrogens is 320 g/mol. The summed E-state index contributed by atoms with van der Waals surface area (Å²) >= 11 is 0. The number of amidine groups is 1. The number of methoxy groups -OCH3 is 3. The van der Waals surface area contributed by atoms with Gasteiger partial charge in [-0.1, -0.05) is 19.3 Å². The number of aliphatic imine (C=N–C) groups is 1. The Morgan fingerprint density at radius 1 is 1.00 bits per heavy atom. The third-order valence-electron chi connectivity index (χ3n) is 4.74. The third kappa shape index (κ3) is 3.62. The Bertz CT molecular complexity index is 718. The normalized spacial score (nSPS) is 19.6. The summed E-state index contributed by atoms with van der Waals surface area (Å²) in [5, 5.41) is 2.93. The van der Waals surface area contributed by atoms with Crippen LogP contribution in [0.3, 0.4) is 0 Å². The maximum Gasteiger partial charge on any atom is 0.275 e. The highest BCUT2D eigenvalue weighted by Crippen LogP contribution is 2.36. The molecule has 1 aromatic rings. The zero-order valence-corrected chi connectivity index (χ0v) is 14.9. The largest absolute Gasteiger partial charge is 0.496 e. The van der Waals surface area contributed by atoms with Crippen molar-refractivity contribution in [2.24, 2.45) is 10.9 Å². The highest BCUT2D eigenvalue weighted by Gasteiger charge is 2.28. The molecule has 134 valence electrons. The van der Waals surface area contributed by atoms with Gasteiger partial charge in [0.15, 0.2) is 11.5 Å². The Morgan fingerprint density at radius 3 is 2.28 bits per heavy atom. The van der Waals surface area contributed by atoms with E-state index in [1.807, 2.05) is 0 Å². The molecule has 0 saturated heterocycles. The van der Waals surface area contributed by atoms with Crippen LogP contribution in [0.4, 0.5) is 0 Å². The van der Waals surface area contributed by atoms with Gasteiger partial charge in [0, 0.05) is 17.5 Å². The number of carbonyl (C=O) groups excluding carboxylic acids is 1. The Morgan fingerprint density at radius 2 is 1.64 bits per heavy atom. The molecule has 25 heavy (non-hydrogen) atoms. The minimum absolute atomic E-state index is 0.169. The Hall–Kier alpha value is -2.50. The van der Waals surface area contributed by atoms with Crippen LogP contribution in [0.2, 0.25) is 0 Å². The maximum atomic E-state index is 12.3. The fraction of sp³-hybridized carbons (Fsp3) is 0.474. The van der Waals surface area contributed by atoms with Gasteiger partial charge >= 0.3 is 0 Å². The summed E-state index contributed by atoms with van der Waals surface area (Å²) in [6.07, 6.45) is 7.57. The molecule has 0 atom stereocenters. The van der Waals surface area contributed by atoms with Crippen LogP contribution in [-0.2, 0) is 4.79 Å². The van der Waals surface area contributed by atoms with Crippen molar-refractivity contribution in [3.05, 3.63) is 23.4 Å². The second-order valence-electron chi connectivity index (χ2n) is 6.26. The molecule has 1 saturated carbocycles. The van der Waals surface area contributed by atoms with E-state index >= 15 is 0 Å². The first-order valence-corrected chi connectivity index (χ1v) is 8.58. The Balaban J connectivity index is 1.93. The van der Waals surface area contributed by atoms with Gasteiger partial charge in [0.25, 0.3) is 5.91 Å². The Kier molecular flexibility index (Phi) is 5.26. The molecule has 1 aliphatic carbocycles. The first kappa shape index (κ1) is 17.3. The number of nitrogens with zero attached hydrogens (tertiary/aromatic N) is 1. The molecule has 0 unspecified atom stereocenters. The van der Waals surface area contributed by atoms with Crippen molar-refractivity contribution in [1.29, 1.82) is 0 Å². The molecule has 0 radical (unpaired) electrons. The van der Waals surface area contributed by atoms with Gasteiger partial charge in [0.2, 0.25) is 0 Å². The van der Waals surface area contributed by atoms with Crippen molar-refractivity contribution >= 4 is 17.8 Å². The molecule has 6 nitrogen and oxygen atoms in total. The van der Waals surface area contributed by atoms with Gasteiger partial charge < -0.3 is 19.5 Å². The smallest absolute Gasteiger partial charge is 0.275 e. The van der Waals surface area contributed by atoms with Crippen molar-refractivity contribution in [2.75, 3.05) is 21.3 Å². The van der Waals surface area contributed by atoms with Crippen molar-refractivity contribution in [3.63, 3.8) is 0 Å². The van der Waals surface area contributed by atoms with Crippen LogP contribution in [0.15, 0.2) is 22.8 Å². The topological polar surface area (TPSA) is 69.2 Å². The lowest BCUT2D eigenvalue weighted by atomic mass is 9.88. The van der Waals surface area contributed by atoms with Gasteiger partial charge in [0.1, 0.15) is 17.3 Å². The number of amides is 1. The minimum atomic E-state index is -0.169. The van der Waals surface area contributed by atoms with Crippen molar-refractivity contribution in [1.82, 2.24) is 5.32 Å². The lowest BCUT2D eigenvalue weighted by Gasteiger charge is -2.20. The maximum absolute atomic E-state index is 12.3. The van der Waals surface area contributed by atoms with Gasteiger partial charge in [-0.2, -0.15) is 0 Å². The summed E-state index contributed by atoms with van der Waals surface area (Å²) in [7, 11) is 4.72. The summed E-state index contributed by atoms with van der Waals surface area (Å²) in [5.74, 6) is 2.73. The zero-order chi connectivity index (χ0) is 17.8. The van der Waals surface area contributed by atoms with E-state index in [2.05, 4.69) is 10.3 Å². The predicted molar refractivity (Wildman–Crippen MR) is 96.2 cm³/mol. The molecule has 1 heterocycles. The van der Waals surface area contributed by atoms with Crippen LogP contribution in [0.1, 0.15) is 37.7 Å². The number of carbonyl (C=O) groups is 1. The quantitative estimate of drug-likeness (QED) is 0.833. The highest BCUT2D eigenvalue weighted by atomic mass is 16.5. The second-order valence-corrected chi connectivity index (χ2v) is 6.26. The zero-order valence-electron chi connectivity index (χ0n) is 14.9. The van der Waals surface area contributed by atoms with E-state index in [0.29, 0.717) is 28.9 Å². The number of hydrogen-bond acceptors (Lipinski definition) is 5. The van der Waals surface area contributed by atoms with Crippen LogP contribution in [0, 0.1) is 5.92 Å². The fourth-order valence-corrected chi connectivity index (χ4v) is 3.37. The monoisotopic (exact) mass is 344 g/mol. The number of rotatable bonds is 5. The van der Waals surface area contributed by atoms with E-state index in [1.54, 1.807) is 39.5 Å². The third-order valence-corrected chi connectivity index (χ3v) is 4.74. The lowest BCUT2D eigenvalue weighted by molar-refractivity contribution is -0.115. The molecule has 1 N–H and O–H groups in total. The summed E-state index contributed by atoms with van der Waals surface area (Å²) in [6.45, 7) is 0. The molecule has 0 bridgehead atoms.